The largest absolute Gasteiger partial charge is 0.370 e. The Hall–Kier alpha value is -0.960. The van der Waals surface area contributed by atoms with Crippen LogP contribution in [0.5, 0.6) is 0 Å². The van der Waals surface area contributed by atoms with E-state index in [-0.39, 0.29) is 35.9 Å². The second kappa shape index (κ2) is 10.8. The molecule has 1 aliphatic rings. The van der Waals surface area contributed by atoms with Gasteiger partial charge in [0.1, 0.15) is 0 Å². The second-order valence-electron chi connectivity index (χ2n) is 5.76. The van der Waals surface area contributed by atoms with E-state index in [9.17, 15) is 4.79 Å². The molecule has 1 amide bonds. The monoisotopic (exact) mass is 462 g/mol. The zero-order valence-corrected chi connectivity index (χ0v) is 17.5. The fourth-order valence-corrected chi connectivity index (χ4v) is 3.19. The zero-order chi connectivity index (χ0) is 16.7. The molecule has 0 spiro atoms. The minimum absolute atomic E-state index is 0. The van der Waals surface area contributed by atoms with Crippen LogP contribution in [0, 0.1) is 0 Å². The van der Waals surface area contributed by atoms with Gasteiger partial charge in [-0.1, -0.05) is 19.1 Å². The van der Waals surface area contributed by atoms with Gasteiger partial charge in [0.15, 0.2) is 5.96 Å². The van der Waals surface area contributed by atoms with E-state index in [2.05, 4.69) is 22.1 Å². The van der Waals surface area contributed by atoms with Gasteiger partial charge in [0, 0.05) is 36.2 Å². The number of hydrogen-bond donors (Lipinski definition) is 2. The molecule has 1 atom stereocenters. The molecule has 3 N–H and O–H groups in total. The van der Waals surface area contributed by atoms with Crippen LogP contribution in [-0.4, -0.2) is 47.4 Å². The Kier molecular flexibility index (Phi) is 9.50. The van der Waals surface area contributed by atoms with Crippen molar-refractivity contribution in [1.29, 1.82) is 0 Å². The summed E-state index contributed by atoms with van der Waals surface area (Å²) in [6.45, 7) is 6.47. The fourth-order valence-electron chi connectivity index (χ4n) is 2.28. The van der Waals surface area contributed by atoms with Crippen molar-refractivity contribution in [3.8, 4) is 0 Å². The Balaban J connectivity index is 0.00000288. The third-order valence-electron chi connectivity index (χ3n) is 3.94. The summed E-state index contributed by atoms with van der Waals surface area (Å²) in [5.74, 6) is 2.76. The van der Waals surface area contributed by atoms with Crippen LogP contribution in [-0.2, 0) is 6.54 Å². The number of nitrogens with zero attached hydrogens (tertiary/aromatic N) is 2. The number of aliphatic imine (C=N–C) groups is 1. The van der Waals surface area contributed by atoms with Gasteiger partial charge in [-0.25, -0.2) is 4.99 Å². The number of nitrogens with one attached hydrogen (secondary N) is 1. The van der Waals surface area contributed by atoms with Crippen LogP contribution < -0.4 is 11.1 Å². The van der Waals surface area contributed by atoms with E-state index in [0.717, 1.165) is 36.6 Å². The quantitative estimate of drug-likeness (QED) is 0.401. The van der Waals surface area contributed by atoms with Gasteiger partial charge in [0.25, 0.3) is 5.91 Å². The first-order valence-electron chi connectivity index (χ1n) is 8.12. The average molecular weight is 462 g/mol. The lowest BCUT2D eigenvalue weighted by atomic mass is 10.1. The highest BCUT2D eigenvalue weighted by Crippen LogP contribution is 2.10. The molecular formula is C17H27IN4OS. The summed E-state index contributed by atoms with van der Waals surface area (Å²) in [6, 6.07) is 7.76. The molecule has 1 saturated heterocycles. The van der Waals surface area contributed by atoms with Crippen LogP contribution in [0.25, 0.3) is 0 Å². The van der Waals surface area contributed by atoms with Gasteiger partial charge in [-0.05, 0) is 31.0 Å². The highest BCUT2D eigenvalue weighted by atomic mass is 127. The number of thioether (sulfide) groups is 1. The minimum atomic E-state index is -0.0359. The van der Waals surface area contributed by atoms with E-state index in [4.69, 9.17) is 5.73 Å². The molecule has 0 saturated carbocycles. The molecule has 2 rings (SSSR count). The third kappa shape index (κ3) is 6.51. The van der Waals surface area contributed by atoms with Crippen molar-refractivity contribution < 1.29 is 4.79 Å². The standard InChI is InChI=1S/C17H26N4OS.HI/c1-3-13(2)20-16(22)15-6-4-5-14(11-15)12-19-17(18)21-7-9-23-10-8-21;/h4-6,11,13H,3,7-10,12H2,1-2H3,(H2,18,19)(H,20,22);1H. The van der Waals surface area contributed by atoms with E-state index >= 15 is 0 Å². The summed E-state index contributed by atoms with van der Waals surface area (Å²) in [7, 11) is 0. The molecule has 1 aromatic rings. The highest BCUT2D eigenvalue weighted by Gasteiger charge is 2.12. The lowest BCUT2D eigenvalue weighted by Crippen LogP contribution is -2.42. The van der Waals surface area contributed by atoms with E-state index in [0.29, 0.717) is 18.1 Å². The summed E-state index contributed by atoms with van der Waals surface area (Å²) in [5, 5.41) is 2.98. The lowest BCUT2D eigenvalue weighted by Gasteiger charge is -2.27. The molecule has 1 aliphatic heterocycles. The number of hydrogen-bond acceptors (Lipinski definition) is 3. The van der Waals surface area contributed by atoms with Gasteiger partial charge >= 0.3 is 0 Å². The van der Waals surface area contributed by atoms with Crippen LogP contribution >= 0.6 is 35.7 Å². The van der Waals surface area contributed by atoms with Crippen molar-refractivity contribution in [2.45, 2.75) is 32.9 Å². The number of nitrogens with two attached hydrogens (primary N) is 1. The fraction of sp³-hybridized carbons (Fsp3) is 0.529. The molecule has 7 heteroatoms. The van der Waals surface area contributed by atoms with E-state index < -0.39 is 0 Å². The predicted octanol–water partition coefficient (Wildman–Crippen LogP) is 2.70. The first-order valence-corrected chi connectivity index (χ1v) is 9.28. The van der Waals surface area contributed by atoms with Crippen LogP contribution in [0.2, 0.25) is 0 Å². The first-order chi connectivity index (χ1) is 11.1. The number of amides is 1. The van der Waals surface area contributed by atoms with Crippen molar-refractivity contribution in [2.24, 2.45) is 10.7 Å². The van der Waals surface area contributed by atoms with Gasteiger partial charge in [-0.15, -0.1) is 24.0 Å². The molecule has 1 heterocycles. The van der Waals surface area contributed by atoms with E-state index in [1.807, 2.05) is 43.0 Å². The average Bonchev–Trinajstić information content (AvgIpc) is 2.60. The third-order valence-corrected chi connectivity index (χ3v) is 4.88. The first kappa shape index (κ1) is 21.1. The summed E-state index contributed by atoms with van der Waals surface area (Å²) in [6.07, 6.45) is 0.917. The number of carbonyl (C=O) groups excluding carboxylic acids is 1. The van der Waals surface area contributed by atoms with Crippen molar-refractivity contribution in [2.75, 3.05) is 24.6 Å². The molecule has 0 radical (unpaired) electrons. The van der Waals surface area contributed by atoms with Crippen molar-refractivity contribution in [3.63, 3.8) is 0 Å². The van der Waals surface area contributed by atoms with Crippen LogP contribution in [0.1, 0.15) is 36.2 Å². The second-order valence-corrected chi connectivity index (χ2v) is 6.98. The van der Waals surface area contributed by atoms with Gasteiger partial charge in [-0.2, -0.15) is 11.8 Å². The van der Waals surface area contributed by atoms with Gasteiger partial charge in [-0.3, -0.25) is 4.79 Å². The number of benzene rings is 1. The van der Waals surface area contributed by atoms with Crippen LogP contribution in [0.4, 0.5) is 0 Å². The van der Waals surface area contributed by atoms with Crippen molar-refractivity contribution in [1.82, 2.24) is 10.2 Å². The van der Waals surface area contributed by atoms with Crippen molar-refractivity contribution in [3.05, 3.63) is 35.4 Å². The number of carbonyl (C=O) groups is 1. The molecule has 1 aromatic carbocycles. The molecule has 24 heavy (non-hydrogen) atoms. The predicted molar refractivity (Wildman–Crippen MR) is 113 cm³/mol. The summed E-state index contributed by atoms with van der Waals surface area (Å²) in [4.78, 5) is 18.8. The van der Waals surface area contributed by atoms with E-state index in [1.165, 1.54) is 0 Å². The maximum absolute atomic E-state index is 12.2. The number of guanidine groups is 1. The molecule has 1 unspecified atom stereocenters. The number of halogens is 1. The maximum Gasteiger partial charge on any atom is 0.251 e. The Morgan fingerprint density at radius 3 is 2.79 bits per heavy atom. The lowest BCUT2D eigenvalue weighted by molar-refractivity contribution is 0.0939. The molecule has 0 aromatic heterocycles. The number of rotatable bonds is 5. The summed E-state index contributed by atoms with van der Waals surface area (Å²) >= 11 is 1.95. The van der Waals surface area contributed by atoms with Crippen LogP contribution in [0.15, 0.2) is 29.3 Å². The minimum Gasteiger partial charge on any atom is -0.370 e. The Morgan fingerprint density at radius 2 is 2.12 bits per heavy atom. The molecule has 1 fully saturated rings. The highest BCUT2D eigenvalue weighted by molar-refractivity contribution is 14.0. The molecule has 5 nitrogen and oxygen atoms in total. The SMILES string of the molecule is CCC(C)NC(=O)c1cccc(CN=C(N)N2CCSCC2)c1.I. The molecular weight excluding hydrogens is 435 g/mol. The van der Waals surface area contributed by atoms with Gasteiger partial charge in [0.05, 0.1) is 6.54 Å². The Bertz CT molecular complexity index is 561. The Labute approximate surface area is 165 Å². The molecule has 0 aliphatic carbocycles. The summed E-state index contributed by atoms with van der Waals surface area (Å²) < 4.78 is 0. The zero-order valence-electron chi connectivity index (χ0n) is 14.3. The smallest absolute Gasteiger partial charge is 0.251 e. The Morgan fingerprint density at radius 1 is 1.42 bits per heavy atom. The van der Waals surface area contributed by atoms with Crippen molar-refractivity contribution >= 4 is 47.6 Å². The molecule has 134 valence electrons. The summed E-state index contributed by atoms with van der Waals surface area (Å²) in [5.41, 5.74) is 7.73. The maximum atomic E-state index is 12.2. The normalized spacial score (nSPS) is 16.2. The van der Waals surface area contributed by atoms with Gasteiger partial charge < -0.3 is 16.0 Å². The topological polar surface area (TPSA) is 70.7 Å². The van der Waals surface area contributed by atoms with E-state index in [1.54, 1.807) is 0 Å². The van der Waals surface area contributed by atoms with Gasteiger partial charge in [0.2, 0.25) is 0 Å². The molecule has 0 bridgehead atoms. The van der Waals surface area contributed by atoms with Crippen LogP contribution in [0.3, 0.4) is 0 Å².